The lowest BCUT2D eigenvalue weighted by Gasteiger charge is -2.32. The zero-order chi connectivity index (χ0) is 24.3. The number of hydrogen-bond donors (Lipinski definition) is 0. The first kappa shape index (κ1) is 26.8. The molecule has 1 aromatic carbocycles. The summed E-state index contributed by atoms with van der Waals surface area (Å²) >= 11 is 0. The molecule has 6 nitrogen and oxygen atoms in total. The lowest BCUT2D eigenvalue weighted by molar-refractivity contribution is 0.113. The number of carbonyl (C=O) groups is 2. The molecule has 1 rings (SSSR count). The Hall–Kier alpha value is -2.24. The third kappa shape index (κ3) is 6.88. The van der Waals surface area contributed by atoms with Crippen molar-refractivity contribution >= 4 is 12.2 Å². The molecule has 2 amide bonds. The van der Waals surface area contributed by atoms with Crippen LogP contribution in [0.5, 0.6) is 11.5 Å². The fourth-order valence-corrected chi connectivity index (χ4v) is 3.70. The summed E-state index contributed by atoms with van der Waals surface area (Å²) < 4.78 is 11.7. The lowest BCUT2D eigenvalue weighted by atomic mass is 9.86. The Morgan fingerprint density at radius 2 is 1.13 bits per heavy atom. The molecule has 0 spiro atoms. The van der Waals surface area contributed by atoms with Crippen LogP contribution in [0.3, 0.4) is 0 Å². The van der Waals surface area contributed by atoms with Crippen molar-refractivity contribution in [2.75, 3.05) is 0 Å². The second-order valence-corrected chi connectivity index (χ2v) is 10.3. The molecule has 0 unspecified atom stereocenters. The first-order valence-electron chi connectivity index (χ1n) is 11.2. The van der Waals surface area contributed by atoms with E-state index in [9.17, 15) is 9.59 Å². The van der Waals surface area contributed by atoms with Crippen molar-refractivity contribution in [2.45, 2.75) is 113 Å². The lowest BCUT2D eigenvalue weighted by Crippen LogP contribution is -2.44. The minimum Gasteiger partial charge on any atom is -0.406 e. The van der Waals surface area contributed by atoms with Crippen LogP contribution in [-0.4, -0.2) is 46.2 Å². The molecule has 0 aliphatic rings. The van der Waals surface area contributed by atoms with E-state index in [1.165, 1.54) is 0 Å². The smallest absolute Gasteiger partial charge is 0.406 e. The topological polar surface area (TPSA) is 59.1 Å². The number of amides is 2. The van der Waals surface area contributed by atoms with Gasteiger partial charge in [-0.25, -0.2) is 9.59 Å². The van der Waals surface area contributed by atoms with Gasteiger partial charge in [0.05, 0.1) is 0 Å². The third-order valence-electron chi connectivity index (χ3n) is 5.14. The normalized spacial score (nSPS) is 12.0. The number of benzene rings is 1. The SMILES string of the molecule is Cc1cc(C(C)(C)C)cc(OC(=O)N(C(C)C)C(C)C)c1OC(=O)N(C(C)C)C(C)C. The van der Waals surface area contributed by atoms with E-state index in [0.717, 1.165) is 11.1 Å². The van der Waals surface area contributed by atoms with E-state index >= 15 is 0 Å². The van der Waals surface area contributed by atoms with Gasteiger partial charge < -0.3 is 19.3 Å². The Kier molecular flexibility index (Phi) is 8.97. The van der Waals surface area contributed by atoms with Gasteiger partial charge in [-0.15, -0.1) is 0 Å². The number of rotatable bonds is 6. The van der Waals surface area contributed by atoms with Gasteiger partial charge in [0.2, 0.25) is 0 Å². The van der Waals surface area contributed by atoms with Crippen LogP contribution in [0.15, 0.2) is 12.1 Å². The fourth-order valence-electron chi connectivity index (χ4n) is 3.70. The Morgan fingerprint density at radius 1 is 0.742 bits per heavy atom. The van der Waals surface area contributed by atoms with Crippen molar-refractivity contribution in [2.24, 2.45) is 0 Å². The van der Waals surface area contributed by atoms with Gasteiger partial charge in [-0.2, -0.15) is 0 Å². The van der Waals surface area contributed by atoms with Gasteiger partial charge in [-0.1, -0.05) is 26.8 Å². The van der Waals surface area contributed by atoms with Crippen molar-refractivity contribution in [3.63, 3.8) is 0 Å². The van der Waals surface area contributed by atoms with Crippen LogP contribution in [0.4, 0.5) is 9.59 Å². The number of carbonyl (C=O) groups excluding carboxylic acids is 2. The van der Waals surface area contributed by atoms with Crippen LogP contribution in [-0.2, 0) is 5.41 Å². The minimum absolute atomic E-state index is 0.0231. The van der Waals surface area contributed by atoms with Gasteiger partial charge in [0.25, 0.3) is 0 Å². The van der Waals surface area contributed by atoms with Crippen LogP contribution in [0.1, 0.15) is 87.3 Å². The average Bonchev–Trinajstić information content (AvgIpc) is 2.55. The second-order valence-electron chi connectivity index (χ2n) is 10.3. The molecule has 0 saturated heterocycles. The molecule has 31 heavy (non-hydrogen) atoms. The van der Waals surface area contributed by atoms with E-state index in [-0.39, 0.29) is 41.1 Å². The standard InChI is InChI=1S/C25H42N2O4/c1-15(2)26(16(3)4)23(28)30-21-14-20(25(10,11)12)13-19(9)22(21)31-24(29)27(17(5)6)18(7)8/h13-18H,1-12H3. The summed E-state index contributed by atoms with van der Waals surface area (Å²) in [6.07, 6.45) is -0.921. The number of nitrogens with zero attached hydrogens (tertiary/aromatic N) is 2. The van der Waals surface area contributed by atoms with E-state index < -0.39 is 12.2 Å². The zero-order valence-corrected chi connectivity index (χ0v) is 21.5. The molecule has 0 bridgehead atoms. The Labute approximate surface area is 188 Å². The van der Waals surface area contributed by atoms with Gasteiger partial charge in [-0.3, -0.25) is 0 Å². The highest BCUT2D eigenvalue weighted by atomic mass is 16.6. The maximum atomic E-state index is 13.0. The largest absolute Gasteiger partial charge is 0.415 e. The molecule has 1 aromatic rings. The Morgan fingerprint density at radius 3 is 1.48 bits per heavy atom. The van der Waals surface area contributed by atoms with Crippen LogP contribution >= 0.6 is 0 Å². The maximum absolute atomic E-state index is 13.0. The van der Waals surface area contributed by atoms with Crippen LogP contribution in [0.2, 0.25) is 0 Å². The molecular formula is C25H42N2O4. The predicted molar refractivity (Wildman–Crippen MR) is 126 cm³/mol. The highest BCUT2D eigenvalue weighted by Gasteiger charge is 2.29. The van der Waals surface area contributed by atoms with Gasteiger partial charge in [0, 0.05) is 24.2 Å². The van der Waals surface area contributed by atoms with E-state index in [0.29, 0.717) is 0 Å². The molecule has 0 saturated carbocycles. The van der Waals surface area contributed by atoms with E-state index in [4.69, 9.17) is 9.47 Å². The Balaban J connectivity index is 3.47. The first-order valence-corrected chi connectivity index (χ1v) is 11.2. The number of aryl methyl sites for hydroxylation is 1. The molecule has 0 heterocycles. The van der Waals surface area contributed by atoms with E-state index in [2.05, 4.69) is 20.8 Å². The van der Waals surface area contributed by atoms with Crippen molar-refractivity contribution in [1.82, 2.24) is 9.80 Å². The van der Waals surface area contributed by atoms with E-state index in [1.807, 2.05) is 68.4 Å². The summed E-state index contributed by atoms with van der Waals surface area (Å²) in [7, 11) is 0. The third-order valence-corrected chi connectivity index (χ3v) is 5.14. The summed E-state index contributed by atoms with van der Waals surface area (Å²) in [5, 5.41) is 0. The quantitative estimate of drug-likeness (QED) is 0.511. The van der Waals surface area contributed by atoms with Gasteiger partial charge in [0.15, 0.2) is 11.5 Å². The highest BCUT2D eigenvalue weighted by molar-refractivity contribution is 5.76. The van der Waals surface area contributed by atoms with Crippen molar-refractivity contribution in [3.05, 3.63) is 23.3 Å². The molecular weight excluding hydrogens is 392 g/mol. The summed E-state index contributed by atoms with van der Waals surface area (Å²) in [5.74, 6) is 0.548. The minimum atomic E-state index is -0.461. The van der Waals surface area contributed by atoms with Crippen LogP contribution in [0.25, 0.3) is 0 Å². The molecule has 0 aromatic heterocycles. The van der Waals surface area contributed by atoms with Gasteiger partial charge >= 0.3 is 12.2 Å². The summed E-state index contributed by atoms with van der Waals surface area (Å²) in [4.78, 5) is 29.3. The molecule has 0 N–H and O–H groups in total. The van der Waals surface area contributed by atoms with Crippen molar-refractivity contribution in [1.29, 1.82) is 0 Å². The molecule has 0 atom stereocenters. The summed E-state index contributed by atoms with van der Waals surface area (Å²) in [6.45, 7) is 23.7. The van der Waals surface area contributed by atoms with Crippen LogP contribution in [0, 0.1) is 6.92 Å². The number of hydrogen-bond acceptors (Lipinski definition) is 4. The molecule has 0 radical (unpaired) electrons. The average molecular weight is 435 g/mol. The highest BCUT2D eigenvalue weighted by Crippen LogP contribution is 2.37. The van der Waals surface area contributed by atoms with Crippen molar-refractivity contribution in [3.8, 4) is 11.5 Å². The maximum Gasteiger partial charge on any atom is 0.415 e. The molecule has 0 aliphatic carbocycles. The number of ether oxygens (including phenoxy) is 2. The van der Waals surface area contributed by atoms with Gasteiger partial charge in [-0.05, 0) is 84.9 Å². The van der Waals surface area contributed by atoms with Gasteiger partial charge in [0.1, 0.15) is 0 Å². The molecule has 176 valence electrons. The summed E-state index contributed by atoms with van der Waals surface area (Å²) in [6, 6.07) is 3.69. The zero-order valence-electron chi connectivity index (χ0n) is 21.5. The second kappa shape index (κ2) is 10.4. The predicted octanol–water partition coefficient (Wildman–Crippen LogP) is 6.53. The Bertz CT molecular complexity index is 760. The first-order chi connectivity index (χ1) is 14.1. The molecule has 0 aliphatic heterocycles. The monoisotopic (exact) mass is 434 g/mol. The van der Waals surface area contributed by atoms with Crippen molar-refractivity contribution < 1.29 is 19.1 Å². The molecule has 0 fully saturated rings. The fraction of sp³-hybridized carbons (Fsp3) is 0.680. The van der Waals surface area contributed by atoms with Crippen LogP contribution < -0.4 is 9.47 Å². The molecule has 6 heteroatoms. The van der Waals surface area contributed by atoms with E-state index in [1.54, 1.807) is 15.9 Å². The summed E-state index contributed by atoms with van der Waals surface area (Å²) in [5.41, 5.74) is 1.58.